The SMILES string of the molecule is CC1=C2CC[C@H]3[C@@H]4C=C[C@@H](C)[C@@]4(C)CC[C@@H]3[C@@]2(C)CC(=NO)C1=NNS(C)(=O)=O. The zero-order valence-electron chi connectivity index (χ0n) is 18.1. The van der Waals surface area contributed by atoms with E-state index in [0.717, 1.165) is 24.7 Å². The van der Waals surface area contributed by atoms with Crippen molar-refractivity contribution in [1.29, 1.82) is 0 Å². The summed E-state index contributed by atoms with van der Waals surface area (Å²) < 4.78 is 23.1. The number of rotatable bonds is 2. The lowest BCUT2D eigenvalue weighted by Crippen LogP contribution is -2.52. The molecule has 2 fully saturated rings. The van der Waals surface area contributed by atoms with Crippen LogP contribution in [-0.2, 0) is 10.0 Å². The van der Waals surface area contributed by atoms with Gasteiger partial charge in [0.1, 0.15) is 11.4 Å². The Kier molecular flexibility index (Phi) is 4.76. The average Bonchev–Trinajstić information content (AvgIpc) is 2.94. The fourth-order valence-electron chi connectivity index (χ4n) is 6.98. The van der Waals surface area contributed by atoms with E-state index in [0.29, 0.717) is 46.9 Å². The Morgan fingerprint density at radius 2 is 1.97 bits per heavy atom. The lowest BCUT2D eigenvalue weighted by atomic mass is 9.46. The third kappa shape index (κ3) is 3.07. The molecule has 0 bridgehead atoms. The summed E-state index contributed by atoms with van der Waals surface area (Å²) in [5, 5.41) is 17.4. The van der Waals surface area contributed by atoms with Crippen LogP contribution in [0.1, 0.15) is 59.8 Å². The monoisotopic (exact) mass is 419 g/mol. The van der Waals surface area contributed by atoms with E-state index in [1.807, 2.05) is 6.92 Å². The fraction of sp³-hybridized carbons (Fsp3) is 0.727. The van der Waals surface area contributed by atoms with Crippen LogP contribution < -0.4 is 4.83 Å². The highest BCUT2D eigenvalue weighted by molar-refractivity contribution is 7.88. The molecule has 0 saturated heterocycles. The molecule has 0 unspecified atom stereocenters. The first-order valence-electron chi connectivity index (χ1n) is 10.7. The van der Waals surface area contributed by atoms with E-state index in [-0.39, 0.29) is 5.41 Å². The van der Waals surface area contributed by atoms with E-state index in [1.165, 1.54) is 18.4 Å². The molecule has 0 amide bonds. The molecule has 0 radical (unpaired) electrons. The fourth-order valence-corrected chi connectivity index (χ4v) is 7.24. The van der Waals surface area contributed by atoms with Gasteiger partial charge in [-0.25, -0.2) is 13.2 Å². The van der Waals surface area contributed by atoms with E-state index in [4.69, 9.17) is 0 Å². The number of fused-ring (bicyclic) bond motifs is 5. The van der Waals surface area contributed by atoms with E-state index in [2.05, 4.69) is 48.0 Å². The van der Waals surface area contributed by atoms with Gasteiger partial charge in [0.15, 0.2) is 0 Å². The van der Waals surface area contributed by atoms with Crippen molar-refractivity contribution >= 4 is 21.4 Å². The van der Waals surface area contributed by atoms with E-state index < -0.39 is 10.0 Å². The molecule has 0 spiro atoms. The molecule has 4 aliphatic rings. The smallest absolute Gasteiger partial charge is 0.244 e. The second-order valence-electron chi connectivity index (χ2n) is 10.1. The number of nitrogens with one attached hydrogen (secondary N) is 1. The van der Waals surface area contributed by atoms with Gasteiger partial charge >= 0.3 is 0 Å². The van der Waals surface area contributed by atoms with E-state index in [1.54, 1.807) is 0 Å². The molecule has 0 heterocycles. The lowest BCUT2D eigenvalue weighted by molar-refractivity contribution is -0.0313. The van der Waals surface area contributed by atoms with Gasteiger partial charge in [-0.2, -0.15) is 5.10 Å². The Hall–Kier alpha value is -1.63. The number of hydrogen-bond donors (Lipinski definition) is 2. The van der Waals surface area contributed by atoms with Crippen LogP contribution in [0.15, 0.2) is 33.6 Å². The van der Waals surface area contributed by atoms with E-state index in [9.17, 15) is 13.6 Å². The van der Waals surface area contributed by atoms with Crippen LogP contribution in [0, 0.1) is 34.5 Å². The third-order valence-corrected chi connectivity index (χ3v) is 9.10. The summed E-state index contributed by atoms with van der Waals surface area (Å²) in [6.07, 6.45) is 11.1. The number of hydrogen-bond acceptors (Lipinski definition) is 5. The first kappa shape index (κ1) is 20.6. The average molecular weight is 420 g/mol. The van der Waals surface area contributed by atoms with Crippen molar-refractivity contribution in [3.05, 3.63) is 23.3 Å². The van der Waals surface area contributed by atoms with Crippen molar-refractivity contribution in [2.75, 3.05) is 6.26 Å². The van der Waals surface area contributed by atoms with Crippen molar-refractivity contribution in [3.63, 3.8) is 0 Å². The molecule has 0 aromatic heterocycles. The molecule has 2 N–H and O–H groups in total. The van der Waals surface area contributed by atoms with Crippen LogP contribution in [0.5, 0.6) is 0 Å². The number of allylic oxidation sites excluding steroid dienone is 4. The quantitative estimate of drug-likeness (QED) is 0.401. The van der Waals surface area contributed by atoms with Crippen molar-refractivity contribution in [3.8, 4) is 0 Å². The molecule has 160 valence electrons. The largest absolute Gasteiger partial charge is 0.411 e. The maximum absolute atomic E-state index is 11.5. The number of oxime groups is 1. The highest BCUT2D eigenvalue weighted by Crippen LogP contribution is 2.65. The van der Waals surface area contributed by atoms with Crippen LogP contribution in [-0.4, -0.2) is 31.3 Å². The van der Waals surface area contributed by atoms with Crippen LogP contribution in [0.25, 0.3) is 0 Å². The first-order chi connectivity index (χ1) is 13.5. The van der Waals surface area contributed by atoms with E-state index >= 15 is 0 Å². The van der Waals surface area contributed by atoms with Gasteiger partial charge < -0.3 is 5.21 Å². The second kappa shape index (κ2) is 6.69. The maximum Gasteiger partial charge on any atom is 0.244 e. The highest BCUT2D eigenvalue weighted by atomic mass is 32.2. The Bertz CT molecular complexity index is 948. The summed E-state index contributed by atoms with van der Waals surface area (Å²) >= 11 is 0. The summed E-state index contributed by atoms with van der Waals surface area (Å²) in [6.45, 7) is 9.12. The standard InChI is InChI=1S/C22H33N3O3S/c1-13-6-8-17-15-7-9-16-14(2)20(23-25-29(5,27)28)19(24-26)12-22(16,4)18(15)10-11-21(13,17)3/h6,8,13,15,17-18,25-26H,7,9-12H2,1-5H3/t13-,15+,17+,18+,21-,22+/m1/s1. The zero-order chi connectivity index (χ0) is 21.2. The lowest BCUT2D eigenvalue weighted by Gasteiger charge is -2.58. The Morgan fingerprint density at radius 1 is 1.24 bits per heavy atom. The minimum Gasteiger partial charge on any atom is -0.411 e. The summed E-state index contributed by atoms with van der Waals surface area (Å²) in [6, 6.07) is 0. The first-order valence-corrected chi connectivity index (χ1v) is 12.5. The van der Waals surface area contributed by atoms with Gasteiger partial charge in [-0.1, -0.05) is 43.7 Å². The molecule has 6 nitrogen and oxygen atoms in total. The summed E-state index contributed by atoms with van der Waals surface area (Å²) in [5.41, 5.74) is 3.57. The van der Waals surface area contributed by atoms with Crippen molar-refractivity contribution in [1.82, 2.24) is 4.83 Å². The molecule has 0 aromatic carbocycles. The Balaban J connectivity index is 1.74. The van der Waals surface area contributed by atoms with Gasteiger partial charge in [-0.05, 0) is 72.7 Å². The topological polar surface area (TPSA) is 91.1 Å². The molecular formula is C22H33N3O3S. The summed E-state index contributed by atoms with van der Waals surface area (Å²) in [7, 11) is -3.47. The predicted molar refractivity (Wildman–Crippen MR) is 115 cm³/mol. The molecule has 7 heteroatoms. The number of sulfonamides is 1. The molecule has 4 aliphatic carbocycles. The summed E-state index contributed by atoms with van der Waals surface area (Å²) in [5.74, 6) is 2.42. The molecule has 6 atom stereocenters. The van der Waals surface area contributed by atoms with Gasteiger partial charge in [-0.3, -0.25) is 0 Å². The van der Waals surface area contributed by atoms with Gasteiger partial charge in [0, 0.05) is 6.42 Å². The highest BCUT2D eigenvalue weighted by Gasteiger charge is 2.57. The molecule has 0 aromatic rings. The molecule has 29 heavy (non-hydrogen) atoms. The predicted octanol–water partition coefficient (Wildman–Crippen LogP) is 4.10. The van der Waals surface area contributed by atoms with Gasteiger partial charge in [-0.15, -0.1) is 0 Å². The Morgan fingerprint density at radius 3 is 2.62 bits per heavy atom. The van der Waals surface area contributed by atoms with Crippen LogP contribution in [0.4, 0.5) is 0 Å². The molecule has 4 rings (SSSR count). The second-order valence-corrected chi connectivity index (χ2v) is 11.8. The number of nitrogens with zero attached hydrogens (tertiary/aromatic N) is 2. The minimum atomic E-state index is -3.47. The van der Waals surface area contributed by atoms with Gasteiger partial charge in [0.05, 0.1) is 6.26 Å². The van der Waals surface area contributed by atoms with Crippen LogP contribution >= 0.6 is 0 Å². The van der Waals surface area contributed by atoms with Crippen molar-refractivity contribution < 1.29 is 13.6 Å². The van der Waals surface area contributed by atoms with Crippen LogP contribution in [0.2, 0.25) is 0 Å². The zero-order valence-corrected chi connectivity index (χ0v) is 18.9. The van der Waals surface area contributed by atoms with Gasteiger partial charge in [0.2, 0.25) is 10.0 Å². The Labute approximate surface area is 174 Å². The number of hydrazone groups is 1. The molecular weight excluding hydrogens is 386 g/mol. The summed E-state index contributed by atoms with van der Waals surface area (Å²) in [4.78, 5) is 2.22. The normalized spacial score (nSPS) is 44.6. The minimum absolute atomic E-state index is 0.0698. The van der Waals surface area contributed by atoms with Crippen LogP contribution in [0.3, 0.4) is 0 Å². The maximum atomic E-state index is 11.5. The van der Waals surface area contributed by atoms with Gasteiger partial charge in [0.25, 0.3) is 0 Å². The van der Waals surface area contributed by atoms with Crippen molar-refractivity contribution in [2.45, 2.75) is 59.8 Å². The molecule has 0 aliphatic heterocycles. The molecule has 2 saturated carbocycles. The third-order valence-electron chi connectivity index (χ3n) is 8.68. The van der Waals surface area contributed by atoms with Crippen molar-refractivity contribution in [2.24, 2.45) is 44.8 Å².